The highest BCUT2D eigenvalue weighted by Crippen LogP contribution is 2.28. The lowest BCUT2D eigenvalue weighted by Gasteiger charge is -2.08. The van der Waals surface area contributed by atoms with Gasteiger partial charge in [0.15, 0.2) is 11.3 Å². The fraction of sp³-hybridized carbons (Fsp3) is 0.217. The summed E-state index contributed by atoms with van der Waals surface area (Å²) < 4.78 is 8.88. The summed E-state index contributed by atoms with van der Waals surface area (Å²) in [7, 11) is 0. The molecule has 7 nitrogen and oxygen atoms in total. The highest BCUT2D eigenvalue weighted by atomic mass is 35.5. The molecule has 3 heterocycles. The van der Waals surface area contributed by atoms with Crippen LogP contribution in [0.2, 0.25) is 5.02 Å². The standard InChI is InChI=1S/C23H20ClN5O2/c1-2-31-13-5-12-28-14-25-21-19(23(28)30)20-22(27-18-7-4-3-6-17(18)26-20)29(21)16-10-8-15(24)9-11-16/h3-4,6-11,14H,2,5,12-13H2,1H3. The summed E-state index contributed by atoms with van der Waals surface area (Å²) in [5, 5.41) is 1.09. The second-order valence-electron chi connectivity index (χ2n) is 7.19. The van der Waals surface area contributed by atoms with Crippen molar-refractivity contribution in [1.29, 1.82) is 0 Å². The molecule has 156 valence electrons. The molecule has 0 atom stereocenters. The van der Waals surface area contributed by atoms with Gasteiger partial charge < -0.3 is 4.74 Å². The van der Waals surface area contributed by atoms with Crippen molar-refractivity contribution in [2.24, 2.45) is 0 Å². The van der Waals surface area contributed by atoms with E-state index in [2.05, 4.69) is 4.98 Å². The van der Waals surface area contributed by atoms with Crippen LogP contribution in [0.5, 0.6) is 0 Å². The molecule has 8 heteroatoms. The summed E-state index contributed by atoms with van der Waals surface area (Å²) in [4.78, 5) is 27.7. The van der Waals surface area contributed by atoms with Crippen molar-refractivity contribution >= 4 is 44.8 Å². The van der Waals surface area contributed by atoms with Gasteiger partial charge in [-0.1, -0.05) is 23.7 Å². The Morgan fingerprint density at radius 3 is 2.48 bits per heavy atom. The van der Waals surface area contributed by atoms with Crippen molar-refractivity contribution in [2.45, 2.75) is 19.9 Å². The number of rotatable bonds is 6. The van der Waals surface area contributed by atoms with Gasteiger partial charge in [-0.2, -0.15) is 0 Å². The highest BCUT2D eigenvalue weighted by molar-refractivity contribution is 6.30. The molecule has 0 unspecified atom stereocenters. The zero-order valence-corrected chi connectivity index (χ0v) is 17.7. The fourth-order valence-electron chi connectivity index (χ4n) is 3.75. The van der Waals surface area contributed by atoms with Crippen LogP contribution in [0, 0.1) is 0 Å². The first kappa shape index (κ1) is 19.7. The Labute approximate surface area is 182 Å². The Morgan fingerprint density at radius 2 is 1.74 bits per heavy atom. The molecule has 0 aliphatic carbocycles. The Bertz CT molecular complexity index is 1460. The van der Waals surface area contributed by atoms with E-state index in [1.807, 2.05) is 47.9 Å². The predicted molar refractivity (Wildman–Crippen MR) is 122 cm³/mol. The van der Waals surface area contributed by atoms with Crippen LogP contribution in [-0.4, -0.2) is 37.3 Å². The van der Waals surface area contributed by atoms with Gasteiger partial charge in [0, 0.05) is 30.5 Å². The van der Waals surface area contributed by atoms with E-state index in [4.69, 9.17) is 26.3 Å². The van der Waals surface area contributed by atoms with Gasteiger partial charge in [-0.3, -0.25) is 13.9 Å². The Kier molecular flexibility index (Phi) is 5.13. The summed E-state index contributed by atoms with van der Waals surface area (Å²) in [5.41, 5.74) is 3.83. The minimum atomic E-state index is -0.135. The van der Waals surface area contributed by atoms with Gasteiger partial charge in [0.1, 0.15) is 10.9 Å². The van der Waals surface area contributed by atoms with E-state index in [1.54, 1.807) is 23.0 Å². The maximum absolute atomic E-state index is 13.4. The van der Waals surface area contributed by atoms with Gasteiger partial charge in [-0.15, -0.1) is 0 Å². The molecule has 5 rings (SSSR count). The fourth-order valence-corrected chi connectivity index (χ4v) is 3.87. The normalized spacial score (nSPS) is 11.7. The molecule has 0 spiro atoms. The molecule has 31 heavy (non-hydrogen) atoms. The molecular weight excluding hydrogens is 414 g/mol. The van der Waals surface area contributed by atoms with E-state index in [0.29, 0.717) is 47.0 Å². The third kappa shape index (κ3) is 3.45. The summed E-state index contributed by atoms with van der Waals surface area (Å²) in [5.74, 6) is 0. The molecule has 0 N–H and O–H groups in total. The number of aryl methyl sites for hydroxylation is 1. The summed E-state index contributed by atoms with van der Waals surface area (Å²) in [6.45, 7) is 3.73. The number of fused-ring (bicyclic) bond motifs is 4. The lowest BCUT2D eigenvalue weighted by Crippen LogP contribution is -2.21. The topological polar surface area (TPSA) is 74.8 Å². The summed E-state index contributed by atoms with van der Waals surface area (Å²) >= 11 is 6.09. The smallest absolute Gasteiger partial charge is 0.265 e. The molecule has 0 saturated carbocycles. The predicted octanol–water partition coefficient (Wildman–Crippen LogP) is 4.36. The number of halogens is 1. The molecular formula is C23H20ClN5O2. The van der Waals surface area contributed by atoms with Crippen LogP contribution in [0.15, 0.2) is 59.7 Å². The van der Waals surface area contributed by atoms with E-state index in [1.165, 1.54) is 0 Å². The maximum Gasteiger partial charge on any atom is 0.265 e. The van der Waals surface area contributed by atoms with Crippen molar-refractivity contribution in [3.05, 3.63) is 70.2 Å². The molecule has 2 aromatic carbocycles. The third-order valence-corrected chi connectivity index (χ3v) is 5.46. The van der Waals surface area contributed by atoms with Gasteiger partial charge in [-0.05, 0) is 49.7 Å². The number of hydrogen-bond acceptors (Lipinski definition) is 5. The summed E-state index contributed by atoms with van der Waals surface area (Å²) in [6.07, 6.45) is 2.31. The van der Waals surface area contributed by atoms with Crippen LogP contribution >= 0.6 is 11.6 Å². The van der Waals surface area contributed by atoms with Crippen molar-refractivity contribution in [2.75, 3.05) is 13.2 Å². The second kappa shape index (κ2) is 8.09. The average Bonchev–Trinajstić information content (AvgIpc) is 3.11. The van der Waals surface area contributed by atoms with Crippen LogP contribution in [0.4, 0.5) is 0 Å². The maximum atomic E-state index is 13.4. The van der Waals surface area contributed by atoms with Crippen molar-refractivity contribution < 1.29 is 4.74 Å². The Hall–Kier alpha value is -3.29. The number of nitrogens with zero attached hydrogens (tertiary/aromatic N) is 5. The van der Waals surface area contributed by atoms with E-state index < -0.39 is 0 Å². The molecule has 3 aromatic heterocycles. The van der Waals surface area contributed by atoms with Gasteiger partial charge in [-0.25, -0.2) is 15.0 Å². The first-order valence-corrected chi connectivity index (χ1v) is 10.5. The van der Waals surface area contributed by atoms with E-state index >= 15 is 0 Å². The number of para-hydroxylation sites is 2. The van der Waals surface area contributed by atoms with Crippen LogP contribution in [0.3, 0.4) is 0 Å². The number of ether oxygens (including phenoxy) is 1. The van der Waals surface area contributed by atoms with E-state index in [9.17, 15) is 4.79 Å². The van der Waals surface area contributed by atoms with Gasteiger partial charge >= 0.3 is 0 Å². The molecule has 0 fully saturated rings. The number of aromatic nitrogens is 5. The van der Waals surface area contributed by atoms with Crippen molar-refractivity contribution in [1.82, 2.24) is 24.1 Å². The van der Waals surface area contributed by atoms with Crippen LogP contribution in [0.1, 0.15) is 13.3 Å². The van der Waals surface area contributed by atoms with Crippen LogP contribution in [-0.2, 0) is 11.3 Å². The van der Waals surface area contributed by atoms with Crippen LogP contribution < -0.4 is 5.56 Å². The Morgan fingerprint density at radius 1 is 1.00 bits per heavy atom. The monoisotopic (exact) mass is 433 g/mol. The van der Waals surface area contributed by atoms with E-state index in [-0.39, 0.29) is 5.56 Å². The highest BCUT2D eigenvalue weighted by Gasteiger charge is 2.20. The largest absolute Gasteiger partial charge is 0.382 e. The first-order chi connectivity index (χ1) is 15.2. The second-order valence-corrected chi connectivity index (χ2v) is 7.62. The molecule has 0 saturated heterocycles. The lowest BCUT2D eigenvalue weighted by atomic mass is 10.3. The van der Waals surface area contributed by atoms with E-state index in [0.717, 1.165) is 23.1 Å². The molecule has 0 bridgehead atoms. The third-order valence-electron chi connectivity index (χ3n) is 5.21. The van der Waals surface area contributed by atoms with Gasteiger partial charge in [0.25, 0.3) is 5.56 Å². The van der Waals surface area contributed by atoms with Gasteiger partial charge in [0.05, 0.1) is 17.4 Å². The zero-order valence-electron chi connectivity index (χ0n) is 17.0. The lowest BCUT2D eigenvalue weighted by molar-refractivity contribution is 0.141. The van der Waals surface area contributed by atoms with Gasteiger partial charge in [0.2, 0.25) is 0 Å². The van der Waals surface area contributed by atoms with Crippen molar-refractivity contribution in [3.63, 3.8) is 0 Å². The number of benzene rings is 2. The quantitative estimate of drug-likeness (QED) is 0.372. The Balaban J connectivity index is 1.79. The summed E-state index contributed by atoms with van der Waals surface area (Å²) in [6, 6.07) is 15.0. The molecule has 0 amide bonds. The minimum Gasteiger partial charge on any atom is -0.382 e. The zero-order chi connectivity index (χ0) is 21.4. The average molecular weight is 434 g/mol. The minimum absolute atomic E-state index is 0.135. The molecule has 0 aliphatic rings. The number of hydrogen-bond donors (Lipinski definition) is 0. The molecule has 0 radical (unpaired) electrons. The van der Waals surface area contributed by atoms with Crippen LogP contribution in [0.25, 0.3) is 38.9 Å². The molecule has 5 aromatic rings. The first-order valence-electron chi connectivity index (χ1n) is 10.2. The SMILES string of the molecule is CCOCCCn1cnc2c(c1=O)c1nc3ccccc3nc1n2-c1ccc(Cl)cc1. The van der Waals surface area contributed by atoms with Crippen molar-refractivity contribution in [3.8, 4) is 5.69 Å². The molecule has 0 aliphatic heterocycles.